The van der Waals surface area contributed by atoms with Crippen LogP contribution in [0.25, 0.3) is 21.8 Å². The Morgan fingerprint density at radius 3 is 1.71 bits per heavy atom. The minimum atomic E-state index is 1.13. The van der Waals surface area contributed by atoms with Crippen LogP contribution in [0.4, 0.5) is 0 Å². The minimum Gasteiger partial charge on any atom is -0.342 e. The molecular formula is C19H24N2. The molecule has 0 unspecified atom stereocenters. The largest absolute Gasteiger partial charge is 0.342 e. The monoisotopic (exact) mass is 280 g/mol. The maximum absolute atomic E-state index is 4.74. The molecule has 0 spiro atoms. The van der Waals surface area contributed by atoms with E-state index in [9.17, 15) is 0 Å². The molecule has 0 aliphatic carbocycles. The highest BCUT2D eigenvalue weighted by molar-refractivity contribution is 6.13. The van der Waals surface area contributed by atoms with Crippen LogP contribution < -0.4 is 0 Å². The zero-order chi connectivity index (χ0) is 15.6. The fraction of sp³-hybridized carbons (Fsp3) is 0.421. The van der Waals surface area contributed by atoms with Crippen LogP contribution in [-0.2, 0) is 7.05 Å². The lowest BCUT2D eigenvalue weighted by atomic mass is 9.93. The molecule has 0 saturated heterocycles. The Bertz CT molecular complexity index is 911. The second kappa shape index (κ2) is 4.33. The SMILES string of the molecule is Cc1nc(C)c2c(c1C)c1c(C)c(C)c(C)c(C)c1n2C. The summed E-state index contributed by atoms with van der Waals surface area (Å²) in [4.78, 5) is 4.74. The van der Waals surface area contributed by atoms with Gasteiger partial charge in [0.25, 0.3) is 0 Å². The third kappa shape index (κ3) is 1.62. The molecule has 3 rings (SSSR count). The summed E-state index contributed by atoms with van der Waals surface area (Å²) >= 11 is 0. The average Bonchev–Trinajstić information content (AvgIpc) is 2.74. The number of hydrogen-bond acceptors (Lipinski definition) is 1. The van der Waals surface area contributed by atoms with Crippen molar-refractivity contribution in [3.63, 3.8) is 0 Å². The summed E-state index contributed by atoms with van der Waals surface area (Å²) in [5, 5.41) is 2.81. The number of nitrogens with zero attached hydrogens (tertiary/aromatic N) is 2. The summed E-state index contributed by atoms with van der Waals surface area (Å²) in [6.45, 7) is 15.4. The van der Waals surface area contributed by atoms with Gasteiger partial charge in [0.2, 0.25) is 0 Å². The van der Waals surface area contributed by atoms with Crippen molar-refractivity contribution in [3.05, 3.63) is 39.2 Å². The highest BCUT2D eigenvalue weighted by Crippen LogP contribution is 2.39. The van der Waals surface area contributed by atoms with Gasteiger partial charge < -0.3 is 4.57 Å². The zero-order valence-corrected chi connectivity index (χ0v) is 14.4. The standard InChI is InChI=1S/C19H24N2/c1-9-10(2)12(4)18-16(11(9)3)17-13(5)14(6)20-15(7)19(17)21(18)8/h1-8H3. The Labute approximate surface area is 126 Å². The highest BCUT2D eigenvalue weighted by Gasteiger charge is 2.20. The summed E-state index contributed by atoms with van der Waals surface area (Å²) in [6, 6.07) is 0. The Balaban J connectivity index is 2.80. The lowest BCUT2D eigenvalue weighted by Crippen LogP contribution is -1.97. The molecule has 2 nitrogen and oxygen atoms in total. The number of benzene rings is 1. The van der Waals surface area contributed by atoms with Crippen LogP contribution in [-0.4, -0.2) is 9.55 Å². The van der Waals surface area contributed by atoms with Gasteiger partial charge in [0.15, 0.2) is 0 Å². The van der Waals surface area contributed by atoms with E-state index < -0.39 is 0 Å². The Morgan fingerprint density at radius 1 is 0.571 bits per heavy atom. The Hall–Kier alpha value is -1.83. The van der Waals surface area contributed by atoms with E-state index in [4.69, 9.17) is 4.98 Å². The van der Waals surface area contributed by atoms with Gasteiger partial charge in [-0.15, -0.1) is 0 Å². The van der Waals surface area contributed by atoms with Crippen LogP contribution in [0.5, 0.6) is 0 Å². The van der Waals surface area contributed by atoms with Crippen LogP contribution in [0, 0.1) is 48.5 Å². The summed E-state index contributed by atoms with van der Waals surface area (Å²) in [5.41, 5.74) is 11.9. The molecule has 0 aliphatic rings. The second-order valence-corrected chi connectivity index (χ2v) is 6.41. The van der Waals surface area contributed by atoms with Crippen LogP contribution in [0.3, 0.4) is 0 Å². The Morgan fingerprint density at radius 2 is 1.10 bits per heavy atom. The van der Waals surface area contributed by atoms with Crippen molar-refractivity contribution in [2.24, 2.45) is 7.05 Å². The summed E-state index contributed by atoms with van der Waals surface area (Å²) in [5.74, 6) is 0. The minimum absolute atomic E-state index is 1.13. The third-order valence-corrected chi connectivity index (χ3v) is 5.41. The van der Waals surface area contributed by atoms with E-state index in [0.717, 1.165) is 11.4 Å². The first-order chi connectivity index (χ1) is 9.77. The van der Waals surface area contributed by atoms with Gasteiger partial charge in [0.05, 0.1) is 16.7 Å². The van der Waals surface area contributed by atoms with Crippen LogP contribution in [0.15, 0.2) is 0 Å². The molecule has 0 N–H and O–H groups in total. The molecule has 0 saturated carbocycles. The molecule has 0 bridgehead atoms. The second-order valence-electron chi connectivity index (χ2n) is 6.41. The number of pyridine rings is 1. The lowest BCUT2D eigenvalue weighted by Gasteiger charge is -2.12. The molecule has 0 atom stereocenters. The van der Waals surface area contributed by atoms with Gasteiger partial charge in [-0.25, -0.2) is 0 Å². The summed E-state index contributed by atoms with van der Waals surface area (Å²) in [6.07, 6.45) is 0. The van der Waals surface area contributed by atoms with Crippen molar-refractivity contribution < 1.29 is 0 Å². The number of fused-ring (bicyclic) bond motifs is 3. The molecule has 0 radical (unpaired) electrons. The fourth-order valence-corrected chi connectivity index (χ4v) is 3.77. The Kier molecular flexibility index (Phi) is 2.91. The van der Waals surface area contributed by atoms with E-state index >= 15 is 0 Å². The topological polar surface area (TPSA) is 17.8 Å². The van der Waals surface area contributed by atoms with Crippen LogP contribution >= 0.6 is 0 Å². The summed E-state index contributed by atoms with van der Waals surface area (Å²) < 4.78 is 2.34. The van der Waals surface area contributed by atoms with E-state index in [2.05, 4.69) is 60.1 Å². The normalized spacial score (nSPS) is 11.8. The molecule has 0 aliphatic heterocycles. The third-order valence-electron chi connectivity index (χ3n) is 5.41. The van der Waals surface area contributed by atoms with E-state index in [1.165, 1.54) is 49.6 Å². The van der Waals surface area contributed by atoms with Crippen LogP contribution in [0.2, 0.25) is 0 Å². The number of aryl methyl sites for hydroxylation is 6. The van der Waals surface area contributed by atoms with Crippen molar-refractivity contribution in [2.45, 2.75) is 48.5 Å². The van der Waals surface area contributed by atoms with Gasteiger partial charge in [-0.3, -0.25) is 4.98 Å². The van der Waals surface area contributed by atoms with Gasteiger partial charge in [0.1, 0.15) is 0 Å². The van der Waals surface area contributed by atoms with Crippen molar-refractivity contribution >= 4 is 21.8 Å². The maximum Gasteiger partial charge on any atom is 0.0708 e. The smallest absolute Gasteiger partial charge is 0.0708 e. The molecule has 1 aromatic carbocycles. The molecular weight excluding hydrogens is 256 g/mol. The molecule has 3 aromatic rings. The van der Waals surface area contributed by atoms with Crippen molar-refractivity contribution in [2.75, 3.05) is 0 Å². The van der Waals surface area contributed by atoms with Gasteiger partial charge >= 0.3 is 0 Å². The van der Waals surface area contributed by atoms with E-state index in [0.29, 0.717) is 0 Å². The van der Waals surface area contributed by atoms with Gasteiger partial charge in [-0.05, 0) is 76.3 Å². The van der Waals surface area contributed by atoms with Gasteiger partial charge in [0, 0.05) is 23.5 Å². The lowest BCUT2D eigenvalue weighted by molar-refractivity contribution is 0.981. The van der Waals surface area contributed by atoms with Crippen molar-refractivity contribution in [1.82, 2.24) is 9.55 Å². The van der Waals surface area contributed by atoms with Crippen molar-refractivity contribution in [1.29, 1.82) is 0 Å². The van der Waals surface area contributed by atoms with Gasteiger partial charge in [-0.2, -0.15) is 0 Å². The predicted molar refractivity (Wildman–Crippen MR) is 91.4 cm³/mol. The predicted octanol–water partition coefficient (Wildman–Crippen LogP) is 4.89. The van der Waals surface area contributed by atoms with Crippen molar-refractivity contribution in [3.8, 4) is 0 Å². The quantitative estimate of drug-likeness (QED) is 0.573. The number of aromatic nitrogens is 2. The van der Waals surface area contributed by atoms with E-state index in [-0.39, 0.29) is 0 Å². The highest BCUT2D eigenvalue weighted by atomic mass is 15.0. The molecule has 2 heterocycles. The molecule has 2 aromatic heterocycles. The molecule has 110 valence electrons. The fourth-order valence-electron chi connectivity index (χ4n) is 3.77. The van der Waals surface area contributed by atoms with Crippen LogP contribution in [0.1, 0.15) is 39.2 Å². The van der Waals surface area contributed by atoms with Gasteiger partial charge in [-0.1, -0.05) is 0 Å². The first-order valence-corrected chi connectivity index (χ1v) is 7.59. The molecule has 2 heteroatoms. The average molecular weight is 280 g/mol. The van der Waals surface area contributed by atoms with E-state index in [1.807, 2.05) is 0 Å². The first-order valence-electron chi connectivity index (χ1n) is 7.59. The zero-order valence-electron chi connectivity index (χ0n) is 14.4. The molecule has 0 amide bonds. The van der Waals surface area contributed by atoms with E-state index in [1.54, 1.807) is 0 Å². The molecule has 0 fully saturated rings. The molecule has 21 heavy (non-hydrogen) atoms. The number of rotatable bonds is 0. The first kappa shape index (κ1) is 14.1. The number of hydrogen-bond donors (Lipinski definition) is 0. The maximum atomic E-state index is 4.74. The summed E-state index contributed by atoms with van der Waals surface area (Å²) in [7, 11) is 2.18.